The van der Waals surface area contributed by atoms with Gasteiger partial charge < -0.3 is 9.64 Å². The molecular weight excluding hydrogens is 557 g/mol. The van der Waals surface area contributed by atoms with Crippen molar-refractivity contribution in [3.8, 4) is 0 Å². The van der Waals surface area contributed by atoms with Crippen LogP contribution in [0.5, 0.6) is 0 Å². The fourth-order valence-electron chi connectivity index (χ4n) is 4.15. The minimum absolute atomic E-state index is 0.000739. The molecule has 1 N–H and O–H groups in total. The number of hydrogen-bond acceptors (Lipinski definition) is 10. The molecule has 0 radical (unpaired) electrons. The van der Waals surface area contributed by atoms with Crippen LogP contribution < -0.4 is 9.62 Å². The van der Waals surface area contributed by atoms with E-state index in [0.29, 0.717) is 18.9 Å². The number of halogens is 3. The lowest BCUT2D eigenvalue weighted by atomic mass is 9.92. The number of alkyl halides is 3. The molecule has 15 heteroatoms. The minimum atomic E-state index is -4.92. The first-order valence-electron chi connectivity index (χ1n) is 12.6. The first kappa shape index (κ1) is 30.7. The number of esters is 1. The van der Waals surface area contributed by atoms with Crippen molar-refractivity contribution in [2.45, 2.75) is 66.1 Å². The zero-order chi connectivity index (χ0) is 29.0. The molecule has 2 heterocycles. The van der Waals surface area contributed by atoms with E-state index in [1.54, 1.807) is 6.07 Å². The molecule has 216 valence electrons. The molecule has 1 unspecified atom stereocenters. The first-order chi connectivity index (χ1) is 18.2. The van der Waals surface area contributed by atoms with E-state index >= 15 is 0 Å². The summed E-state index contributed by atoms with van der Waals surface area (Å²) in [7, 11) is -4.79. The highest BCUT2D eigenvalue weighted by Gasteiger charge is 2.36. The highest BCUT2D eigenvalue weighted by Crippen LogP contribution is 2.41. The van der Waals surface area contributed by atoms with Crippen molar-refractivity contribution >= 4 is 49.5 Å². The highest BCUT2D eigenvalue weighted by molar-refractivity contribution is 7.92. The Bertz CT molecular complexity index is 1300. The number of carbonyl (C=O) groups is 1. The summed E-state index contributed by atoms with van der Waals surface area (Å²) in [5.74, 6) is -2.27. The number of nitrogens with zero attached hydrogens (tertiary/aromatic N) is 5. The predicted molar refractivity (Wildman–Crippen MR) is 144 cm³/mol. The molecule has 0 spiro atoms. The van der Waals surface area contributed by atoms with E-state index in [1.165, 1.54) is 6.07 Å². The zero-order valence-electron chi connectivity index (χ0n) is 22.4. The second-order valence-corrected chi connectivity index (χ2v) is 12.9. The standard InChI is InChI=1S/C24H33F3N6O4S2/c1-6-17-8-7-16-9-18(28-30-23-31-29-21(38-23)22(34)37-12-15(4)5)19(10-20(16)33(17)11-14(2)3)32-39(35,36)13-24(25,26)27/h9-10,14-15,17,32H,6-8,11-13H2,1-5H3. The number of fused-ring (bicyclic) bond motifs is 1. The number of nitrogens with one attached hydrogen (secondary N) is 1. The Labute approximate surface area is 230 Å². The Hall–Kier alpha value is -2.81. The van der Waals surface area contributed by atoms with Crippen LogP contribution in [0.25, 0.3) is 0 Å². The van der Waals surface area contributed by atoms with Gasteiger partial charge in [0, 0.05) is 18.3 Å². The van der Waals surface area contributed by atoms with Crippen LogP contribution in [-0.2, 0) is 21.2 Å². The van der Waals surface area contributed by atoms with Gasteiger partial charge in [-0.3, -0.25) is 4.72 Å². The van der Waals surface area contributed by atoms with Gasteiger partial charge >= 0.3 is 12.1 Å². The van der Waals surface area contributed by atoms with E-state index in [0.717, 1.165) is 35.4 Å². The number of sulfonamides is 1. The summed E-state index contributed by atoms with van der Waals surface area (Å²) < 4.78 is 70.8. The van der Waals surface area contributed by atoms with Gasteiger partial charge in [0.25, 0.3) is 5.13 Å². The lowest BCUT2D eigenvalue weighted by Crippen LogP contribution is -2.41. The van der Waals surface area contributed by atoms with Crippen LogP contribution >= 0.6 is 11.3 Å². The van der Waals surface area contributed by atoms with Crippen molar-refractivity contribution in [3.63, 3.8) is 0 Å². The van der Waals surface area contributed by atoms with Crippen molar-refractivity contribution < 1.29 is 31.1 Å². The van der Waals surface area contributed by atoms with Crippen LogP contribution in [0.15, 0.2) is 22.4 Å². The topological polar surface area (TPSA) is 126 Å². The Morgan fingerprint density at radius 1 is 1.21 bits per heavy atom. The van der Waals surface area contributed by atoms with Gasteiger partial charge in [-0.05, 0) is 48.8 Å². The van der Waals surface area contributed by atoms with Crippen molar-refractivity contribution in [2.75, 3.05) is 28.5 Å². The molecule has 0 fully saturated rings. The molecule has 1 aliphatic rings. The van der Waals surface area contributed by atoms with Gasteiger partial charge in [-0.1, -0.05) is 46.0 Å². The van der Waals surface area contributed by atoms with Crippen molar-refractivity contribution in [2.24, 2.45) is 22.1 Å². The number of carbonyl (C=O) groups excluding carboxylic acids is 1. The average Bonchev–Trinajstić information content (AvgIpc) is 3.28. The Kier molecular flexibility index (Phi) is 9.91. The second-order valence-electron chi connectivity index (χ2n) is 10.2. The Morgan fingerprint density at radius 2 is 1.92 bits per heavy atom. The quantitative estimate of drug-likeness (QED) is 0.242. The number of anilines is 2. The first-order valence-corrected chi connectivity index (χ1v) is 15.1. The van der Waals surface area contributed by atoms with Crippen molar-refractivity contribution in [1.82, 2.24) is 10.2 Å². The second kappa shape index (κ2) is 12.6. The number of rotatable bonds is 11. The van der Waals surface area contributed by atoms with Gasteiger partial charge in [-0.15, -0.1) is 20.4 Å². The smallest absolute Gasteiger partial charge is 0.404 e. The summed E-state index contributed by atoms with van der Waals surface area (Å²) in [5, 5.41) is 15.6. The summed E-state index contributed by atoms with van der Waals surface area (Å²) >= 11 is 0.825. The molecule has 2 aromatic rings. The zero-order valence-corrected chi connectivity index (χ0v) is 24.1. The van der Waals surface area contributed by atoms with Gasteiger partial charge in [0.05, 0.1) is 12.3 Å². The molecule has 10 nitrogen and oxygen atoms in total. The molecule has 0 amide bonds. The van der Waals surface area contributed by atoms with E-state index in [1.807, 2.05) is 13.8 Å². The van der Waals surface area contributed by atoms with Crippen LogP contribution in [-0.4, -0.2) is 55.7 Å². The van der Waals surface area contributed by atoms with Crippen LogP contribution in [0.1, 0.15) is 62.8 Å². The van der Waals surface area contributed by atoms with Crippen molar-refractivity contribution in [3.05, 3.63) is 22.7 Å². The molecule has 39 heavy (non-hydrogen) atoms. The van der Waals surface area contributed by atoms with Gasteiger partial charge in [-0.2, -0.15) is 13.2 Å². The molecule has 1 aliphatic heterocycles. The maximum Gasteiger partial charge on any atom is 0.404 e. The number of benzene rings is 1. The lowest BCUT2D eigenvalue weighted by molar-refractivity contribution is -0.106. The van der Waals surface area contributed by atoms with Crippen LogP contribution in [0.4, 0.5) is 35.4 Å². The largest absolute Gasteiger partial charge is 0.460 e. The van der Waals surface area contributed by atoms with E-state index in [4.69, 9.17) is 4.74 Å². The summed E-state index contributed by atoms with van der Waals surface area (Å²) in [6, 6.07) is 3.36. The van der Waals surface area contributed by atoms with Gasteiger partial charge in [0.15, 0.2) is 5.75 Å². The maximum atomic E-state index is 12.9. The van der Waals surface area contributed by atoms with Crippen LogP contribution in [0.3, 0.4) is 0 Å². The van der Waals surface area contributed by atoms with Crippen LogP contribution in [0.2, 0.25) is 0 Å². The van der Waals surface area contributed by atoms with E-state index in [9.17, 15) is 26.4 Å². The van der Waals surface area contributed by atoms with E-state index < -0.39 is 27.9 Å². The minimum Gasteiger partial charge on any atom is -0.460 e. The van der Waals surface area contributed by atoms with E-state index in [2.05, 4.69) is 50.8 Å². The summed E-state index contributed by atoms with van der Waals surface area (Å²) in [4.78, 5) is 14.3. The summed E-state index contributed by atoms with van der Waals surface area (Å²) in [5.41, 5.74) is 1.52. The molecule has 0 bridgehead atoms. The predicted octanol–water partition coefficient (Wildman–Crippen LogP) is 6.26. The Morgan fingerprint density at radius 3 is 2.54 bits per heavy atom. The molecule has 3 rings (SSSR count). The average molecular weight is 591 g/mol. The SMILES string of the molecule is CCC1CCc2cc(N=Nc3nnc(C(=O)OCC(C)C)s3)c(NS(=O)(=O)CC(F)(F)F)cc2N1CC(C)C. The Balaban J connectivity index is 1.99. The lowest BCUT2D eigenvalue weighted by Gasteiger charge is -2.40. The van der Waals surface area contributed by atoms with Gasteiger partial charge in [0.2, 0.25) is 15.0 Å². The van der Waals surface area contributed by atoms with Crippen molar-refractivity contribution in [1.29, 1.82) is 0 Å². The third kappa shape index (κ3) is 8.85. The highest BCUT2D eigenvalue weighted by atomic mass is 32.2. The molecular formula is C24H33F3N6O4S2. The number of ether oxygens (including phenoxy) is 1. The fraction of sp³-hybridized carbons (Fsp3) is 0.625. The molecule has 0 saturated carbocycles. The molecule has 0 aliphatic carbocycles. The van der Waals surface area contributed by atoms with E-state index in [-0.39, 0.29) is 40.1 Å². The monoisotopic (exact) mass is 590 g/mol. The summed E-state index contributed by atoms with van der Waals surface area (Å²) in [6.07, 6.45) is -2.51. The number of aryl methyl sites for hydroxylation is 1. The molecule has 0 saturated heterocycles. The van der Waals surface area contributed by atoms with Gasteiger partial charge in [0.1, 0.15) is 5.69 Å². The number of aromatic nitrogens is 2. The number of azo groups is 1. The van der Waals surface area contributed by atoms with Gasteiger partial charge in [-0.25, -0.2) is 13.2 Å². The number of hydrogen-bond donors (Lipinski definition) is 1. The maximum absolute atomic E-state index is 12.9. The fourth-order valence-corrected chi connectivity index (χ4v) is 5.71. The molecule has 1 aromatic heterocycles. The normalized spacial score (nSPS) is 16.3. The summed E-state index contributed by atoms with van der Waals surface area (Å²) in [6.45, 7) is 10.9. The third-order valence-corrected chi connectivity index (χ3v) is 7.75. The molecule has 1 aromatic carbocycles. The van der Waals surface area contributed by atoms with Crippen LogP contribution in [0, 0.1) is 11.8 Å². The molecule has 1 atom stereocenters. The third-order valence-electron chi connectivity index (χ3n) is 5.73.